The number of hydrogen-bond donors (Lipinski definition) is 1. The maximum Gasteiger partial charge on any atom is 0.236 e. The number of carbonyl (C=O) groups is 1. The van der Waals surface area contributed by atoms with Gasteiger partial charge in [-0.1, -0.05) is 0 Å². The molecule has 0 saturated carbocycles. The van der Waals surface area contributed by atoms with Gasteiger partial charge >= 0.3 is 0 Å². The van der Waals surface area contributed by atoms with E-state index in [9.17, 15) is 9.90 Å². The zero-order chi connectivity index (χ0) is 15.1. The summed E-state index contributed by atoms with van der Waals surface area (Å²) in [6, 6.07) is 0. The highest BCUT2D eigenvalue weighted by atomic mass is 16.5. The maximum absolute atomic E-state index is 12.2. The van der Waals surface area contributed by atoms with Gasteiger partial charge in [0.05, 0.1) is 19.3 Å². The number of carbonyl (C=O) groups excluding carboxylic acids is 1. The Kier molecular flexibility index (Phi) is 6.89. The van der Waals surface area contributed by atoms with Gasteiger partial charge in [0.1, 0.15) is 0 Å². The first kappa shape index (κ1) is 16.7. The van der Waals surface area contributed by atoms with Crippen molar-refractivity contribution in [1.29, 1.82) is 0 Å². The van der Waals surface area contributed by atoms with Crippen LogP contribution in [-0.2, 0) is 9.53 Å². The SMILES string of the molecule is CCOCC(O)CN1CCN(C(=O)CN2CCCC2)CC1. The third-order valence-corrected chi connectivity index (χ3v) is 4.27. The van der Waals surface area contributed by atoms with Crippen molar-refractivity contribution in [3.63, 3.8) is 0 Å². The largest absolute Gasteiger partial charge is 0.389 e. The van der Waals surface area contributed by atoms with Gasteiger partial charge in [-0.2, -0.15) is 0 Å². The molecule has 1 atom stereocenters. The molecule has 6 heteroatoms. The van der Waals surface area contributed by atoms with Crippen LogP contribution in [0.1, 0.15) is 19.8 Å². The third kappa shape index (κ3) is 5.54. The standard InChI is InChI=1S/C15H29N3O3/c1-2-21-13-14(19)11-17-7-9-18(10-8-17)15(20)12-16-5-3-4-6-16/h14,19H,2-13H2,1H3. The van der Waals surface area contributed by atoms with Crippen molar-refractivity contribution in [2.45, 2.75) is 25.9 Å². The molecule has 0 aromatic heterocycles. The number of aliphatic hydroxyl groups is 1. The van der Waals surface area contributed by atoms with Gasteiger partial charge in [-0.05, 0) is 32.9 Å². The summed E-state index contributed by atoms with van der Waals surface area (Å²) in [5.74, 6) is 0.256. The number of ether oxygens (including phenoxy) is 1. The van der Waals surface area contributed by atoms with E-state index < -0.39 is 6.10 Å². The van der Waals surface area contributed by atoms with Crippen LogP contribution in [0.15, 0.2) is 0 Å². The molecule has 1 amide bonds. The Labute approximate surface area is 127 Å². The fourth-order valence-corrected chi connectivity index (χ4v) is 3.02. The minimum Gasteiger partial charge on any atom is -0.389 e. The van der Waals surface area contributed by atoms with Crippen LogP contribution in [-0.4, -0.2) is 97.4 Å². The van der Waals surface area contributed by atoms with E-state index in [1.807, 2.05) is 11.8 Å². The third-order valence-electron chi connectivity index (χ3n) is 4.27. The van der Waals surface area contributed by atoms with Crippen LogP contribution >= 0.6 is 0 Å². The summed E-state index contributed by atoms with van der Waals surface area (Å²) in [4.78, 5) is 18.6. The van der Waals surface area contributed by atoms with Gasteiger partial charge in [0.25, 0.3) is 0 Å². The molecule has 21 heavy (non-hydrogen) atoms. The van der Waals surface area contributed by atoms with E-state index in [2.05, 4.69) is 9.80 Å². The first-order valence-corrected chi connectivity index (χ1v) is 8.17. The Morgan fingerprint density at radius 1 is 1.10 bits per heavy atom. The molecule has 0 aromatic carbocycles. The fraction of sp³-hybridized carbons (Fsp3) is 0.933. The molecule has 1 unspecified atom stereocenters. The Hall–Kier alpha value is -0.690. The smallest absolute Gasteiger partial charge is 0.236 e. The van der Waals surface area contributed by atoms with Crippen molar-refractivity contribution in [1.82, 2.24) is 14.7 Å². The molecule has 0 radical (unpaired) electrons. The topological polar surface area (TPSA) is 56.3 Å². The lowest BCUT2D eigenvalue weighted by molar-refractivity contribution is -0.134. The predicted octanol–water partition coefficient (Wildman–Crippen LogP) is -0.376. The summed E-state index contributed by atoms with van der Waals surface area (Å²) < 4.78 is 5.22. The minimum absolute atomic E-state index is 0.256. The van der Waals surface area contributed by atoms with Crippen molar-refractivity contribution < 1.29 is 14.6 Å². The predicted molar refractivity (Wildman–Crippen MR) is 81.2 cm³/mol. The molecular weight excluding hydrogens is 270 g/mol. The molecule has 0 aliphatic carbocycles. The minimum atomic E-state index is -0.434. The van der Waals surface area contributed by atoms with E-state index in [-0.39, 0.29) is 5.91 Å². The summed E-state index contributed by atoms with van der Waals surface area (Å²) >= 11 is 0. The highest BCUT2D eigenvalue weighted by Crippen LogP contribution is 2.09. The van der Waals surface area contributed by atoms with Crippen LogP contribution in [0.3, 0.4) is 0 Å². The van der Waals surface area contributed by atoms with Gasteiger partial charge in [-0.15, -0.1) is 0 Å². The number of nitrogens with zero attached hydrogens (tertiary/aromatic N) is 3. The second-order valence-corrected chi connectivity index (χ2v) is 5.98. The molecule has 2 saturated heterocycles. The van der Waals surface area contributed by atoms with Gasteiger partial charge < -0.3 is 14.7 Å². The lowest BCUT2D eigenvalue weighted by Crippen LogP contribution is -2.52. The molecule has 122 valence electrons. The quantitative estimate of drug-likeness (QED) is 0.695. The number of β-amino-alcohol motifs (C(OH)–C–C–N with tert-alkyl or cyclic N) is 1. The summed E-state index contributed by atoms with van der Waals surface area (Å²) in [5.41, 5.74) is 0. The summed E-state index contributed by atoms with van der Waals surface area (Å²) in [5, 5.41) is 9.84. The number of hydrogen-bond acceptors (Lipinski definition) is 5. The molecule has 0 spiro atoms. The lowest BCUT2D eigenvalue weighted by atomic mass is 10.2. The van der Waals surface area contributed by atoms with E-state index in [0.717, 1.165) is 39.3 Å². The van der Waals surface area contributed by atoms with Crippen molar-refractivity contribution >= 4 is 5.91 Å². The number of aliphatic hydroxyl groups excluding tert-OH is 1. The monoisotopic (exact) mass is 299 g/mol. The second kappa shape index (κ2) is 8.68. The molecule has 2 heterocycles. The highest BCUT2D eigenvalue weighted by molar-refractivity contribution is 5.78. The zero-order valence-electron chi connectivity index (χ0n) is 13.2. The number of amides is 1. The van der Waals surface area contributed by atoms with Gasteiger partial charge in [-0.25, -0.2) is 0 Å². The maximum atomic E-state index is 12.2. The molecular formula is C15H29N3O3. The summed E-state index contributed by atoms with van der Waals surface area (Å²) in [6.45, 7) is 9.52. The van der Waals surface area contributed by atoms with Crippen LogP contribution in [0.25, 0.3) is 0 Å². The first-order valence-electron chi connectivity index (χ1n) is 8.17. The van der Waals surface area contributed by atoms with Crippen LogP contribution in [0.5, 0.6) is 0 Å². The van der Waals surface area contributed by atoms with Crippen molar-refractivity contribution in [3.8, 4) is 0 Å². The molecule has 2 rings (SSSR count). The second-order valence-electron chi connectivity index (χ2n) is 5.98. The molecule has 1 N–H and O–H groups in total. The van der Waals surface area contributed by atoms with E-state index >= 15 is 0 Å². The average Bonchev–Trinajstić information content (AvgIpc) is 2.98. The number of rotatable bonds is 7. The highest BCUT2D eigenvalue weighted by Gasteiger charge is 2.24. The number of likely N-dealkylation sites (tertiary alicyclic amines) is 1. The van der Waals surface area contributed by atoms with E-state index in [1.165, 1.54) is 12.8 Å². The average molecular weight is 299 g/mol. The van der Waals surface area contributed by atoms with Gasteiger partial charge in [0, 0.05) is 39.3 Å². The molecule has 2 fully saturated rings. The van der Waals surface area contributed by atoms with Crippen LogP contribution < -0.4 is 0 Å². The van der Waals surface area contributed by atoms with E-state index in [4.69, 9.17) is 4.74 Å². The van der Waals surface area contributed by atoms with Gasteiger partial charge in [-0.3, -0.25) is 14.6 Å². The molecule has 2 aliphatic rings. The Morgan fingerprint density at radius 3 is 2.38 bits per heavy atom. The van der Waals surface area contributed by atoms with Gasteiger partial charge in [0.2, 0.25) is 5.91 Å². The van der Waals surface area contributed by atoms with Crippen LogP contribution in [0, 0.1) is 0 Å². The molecule has 6 nitrogen and oxygen atoms in total. The first-order chi connectivity index (χ1) is 10.2. The number of piperazine rings is 1. The van der Waals surface area contributed by atoms with Crippen LogP contribution in [0.4, 0.5) is 0 Å². The Bertz CT molecular complexity index is 313. The van der Waals surface area contributed by atoms with Gasteiger partial charge in [0.15, 0.2) is 0 Å². The van der Waals surface area contributed by atoms with E-state index in [1.54, 1.807) is 0 Å². The molecule has 2 aliphatic heterocycles. The van der Waals surface area contributed by atoms with Crippen LogP contribution in [0.2, 0.25) is 0 Å². The van der Waals surface area contributed by atoms with Crippen molar-refractivity contribution in [3.05, 3.63) is 0 Å². The Morgan fingerprint density at radius 2 is 1.76 bits per heavy atom. The fourth-order valence-electron chi connectivity index (χ4n) is 3.02. The Balaban J connectivity index is 1.64. The normalized spacial score (nSPS) is 22.7. The zero-order valence-corrected chi connectivity index (χ0v) is 13.2. The van der Waals surface area contributed by atoms with Crippen molar-refractivity contribution in [2.75, 3.05) is 65.6 Å². The van der Waals surface area contributed by atoms with E-state index in [0.29, 0.717) is 26.3 Å². The summed E-state index contributed by atoms with van der Waals surface area (Å²) in [6.07, 6.45) is 2.01. The molecule has 0 aromatic rings. The lowest BCUT2D eigenvalue weighted by Gasteiger charge is -2.36. The summed E-state index contributed by atoms with van der Waals surface area (Å²) in [7, 11) is 0. The molecule has 0 bridgehead atoms. The van der Waals surface area contributed by atoms with Crippen molar-refractivity contribution in [2.24, 2.45) is 0 Å².